The number of phenolic OH excluding ortho intramolecular Hbond substituents is 1. The van der Waals surface area contributed by atoms with Crippen LogP contribution in [-0.4, -0.2) is 106 Å². The number of nitrogens with zero attached hydrogens (tertiary/aromatic N) is 3. The Balaban J connectivity index is 1.91. The fraction of sp³-hybridized carbons (Fsp3) is 0.659. The van der Waals surface area contributed by atoms with E-state index in [-0.39, 0.29) is 60.7 Å². The summed E-state index contributed by atoms with van der Waals surface area (Å²) in [5.41, 5.74) is 0.881. The summed E-state index contributed by atoms with van der Waals surface area (Å²) in [5, 5.41) is 27.3. The second-order valence-electron chi connectivity index (χ2n) is 15.4. The van der Waals surface area contributed by atoms with Crippen molar-refractivity contribution in [3.63, 3.8) is 0 Å². The first-order chi connectivity index (χ1) is 26.6. The van der Waals surface area contributed by atoms with Crippen LogP contribution < -0.4 is 10.6 Å². The average Bonchev–Trinajstić information content (AvgIpc) is 3.65. The number of likely N-dealkylation sites (N-methyl/N-ethyl adjacent to an activating group) is 1. The molecule has 312 valence electrons. The molecule has 0 saturated carbocycles. The number of carbonyl (C=O) groups excluding carboxylic acids is 4. The van der Waals surface area contributed by atoms with Crippen LogP contribution in [0.2, 0.25) is 0 Å². The van der Waals surface area contributed by atoms with E-state index in [1.165, 1.54) is 19.1 Å². The summed E-state index contributed by atoms with van der Waals surface area (Å²) in [6.07, 6.45) is 3.79. The molecular formula is C41H63N5O9S. The zero-order valence-electron chi connectivity index (χ0n) is 34.3. The highest BCUT2D eigenvalue weighted by molar-refractivity contribution is 7.09. The number of piperidine rings is 1. The molecule has 0 spiro atoms. The Morgan fingerprint density at radius 2 is 1.73 bits per heavy atom. The van der Waals surface area contributed by atoms with Gasteiger partial charge in [0.1, 0.15) is 29.2 Å². The highest BCUT2D eigenvalue weighted by Crippen LogP contribution is 2.32. The van der Waals surface area contributed by atoms with Crippen LogP contribution in [0.25, 0.3) is 0 Å². The van der Waals surface area contributed by atoms with Crippen molar-refractivity contribution in [2.75, 3.05) is 26.9 Å². The molecule has 0 radical (unpaired) electrons. The molecule has 0 bridgehead atoms. The molecule has 4 N–H and O–H groups in total. The molecular weight excluding hydrogens is 739 g/mol. The van der Waals surface area contributed by atoms with Crippen LogP contribution >= 0.6 is 11.3 Å². The summed E-state index contributed by atoms with van der Waals surface area (Å²) >= 11 is 1.15. The van der Waals surface area contributed by atoms with Gasteiger partial charge in [0.2, 0.25) is 11.8 Å². The fourth-order valence-electron chi connectivity index (χ4n) is 6.96. The Bertz CT molecular complexity index is 1590. The van der Waals surface area contributed by atoms with Crippen LogP contribution in [0.1, 0.15) is 121 Å². The molecule has 1 fully saturated rings. The van der Waals surface area contributed by atoms with Gasteiger partial charge in [-0.05, 0) is 75.2 Å². The van der Waals surface area contributed by atoms with Crippen LogP contribution in [0.4, 0.5) is 0 Å². The van der Waals surface area contributed by atoms with Crippen LogP contribution in [0, 0.1) is 17.8 Å². The molecule has 3 amide bonds. The zero-order valence-corrected chi connectivity index (χ0v) is 35.1. The number of carboxylic acids is 1. The topological polar surface area (TPSA) is 188 Å². The summed E-state index contributed by atoms with van der Waals surface area (Å²) < 4.78 is 11.8. The third-order valence-electron chi connectivity index (χ3n) is 10.5. The van der Waals surface area contributed by atoms with E-state index < -0.39 is 48.0 Å². The van der Waals surface area contributed by atoms with Crippen LogP contribution in [0.15, 0.2) is 29.6 Å². The minimum absolute atomic E-state index is 0.0306. The third kappa shape index (κ3) is 13.8. The molecule has 1 saturated heterocycles. The lowest BCUT2D eigenvalue weighted by molar-refractivity contribution is -0.153. The Kier molecular flexibility index (Phi) is 18.7. The van der Waals surface area contributed by atoms with Crippen LogP contribution in [-0.2, 0) is 35.1 Å². The Labute approximate surface area is 335 Å². The number of aromatic hydroxyl groups is 1. The standard InChI is InChI=1S/C41H63N5O9S/c1-9-19-54-24-46(40(51)36(26(5)10-2)44-38(50)33-13-11-12-18-45(33)8)34(25(3)4)22-35(55-28(7)47)39-43-32(23-56-39)37(49)42-30(20-27(6)41(52)53)21-29-14-16-31(48)17-15-29/h14-17,23,25-27,30,33-36,48H,9-13,18-22,24H2,1-8H3,(H,42,49)(H,44,50)(H,52,53)/t26-,27-,30+,33+,34+,35+,36-/m0/s1. The Morgan fingerprint density at radius 3 is 2.32 bits per heavy atom. The van der Waals surface area contributed by atoms with Gasteiger partial charge in [-0.1, -0.05) is 66.5 Å². The number of phenols is 1. The minimum Gasteiger partial charge on any atom is -0.508 e. The van der Waals surface area contributed by atoms with E-state index in [1.807, 2.05) is 46.6 Å². The number of esters is 1. The molecule has 2 heterocycles. The molecule has 0 aliphatic carbocycles. The van der Waals surface area contributed by atoms with Gasteiger partial charge >= 0.3 is 11.9 Å². The van der Waals surface area contributed by atoms with E-state index in [0.717, 1.165) is 49.1 Å². The summed E-state index contributed by atoms with van der Waals surface area (Å²) in [4.78, 5) is 74.4. The number of rotatable bonds is 22. The van der Waals surface area contributed by atoms with E-state index in [4.69, 9.17) is 9.47 Å². The number of amides is 3. The Hall–Kier alpha value is -4.08. The van der Waals surface area contributed by atoms with Crippen LogP contribution in [0.3, 0.4) is 0 Å². The molecule has 2 aromatic rings. The monoisotopic (exact) mass is 801 g/mol. The summed E-state index contributed by atoms with van der Waals surface area (Å²) in [5.74, 6) is -3.48. The molecule has 1 aromatic heterocycles. The first-order valence-electron chi connectivity index (χ1n) is 19.9. The molecule has 15 heteroatoms. The van der Waals surface area contributed by atoms with Gasteiger partial charge in [0, 0.05) is 37.4 Å². The molecule has 14 nitrogen and oxygen atoms in total. The first kappa shape index (κ1) is 46.3. The number of benzene rings is 1. The number of ether oxygens (including phenoxy) is 2. The number of aromatic nitrogens is 1. The highest BCUT2D eigenvalue weighted by atomic mass is 32.1. The molecule has 1 aliphatic rings. The van der Waals surface area contributed by atoms with Crippen molar-refractivity contribution in [3.8, 4) is 5.75 Å². The first-order valence-corrected chi connectivity index (χ1v) is 20.8. The van der Waals surface area contributed by atoms with E-state index >= 15 is 0 Å². The highest BCUT2D eigenvalue weighted by Gasteiger charge is 2.39. The van der Waals surface area contributed by atoms with Gasteiger partial charge in [-0.3, -0.25) is 28.9 Å². The number of hydrogen-bond donors (Lipinski definition) is 4. The van der Waals surface area contributed by atoms with Gasteiger partial charge in [-0.2, -0.15) is 0 Å². The Morgan fingerprint density at radius 1 is 1.04 bits per heavy atom. The lowest BCUT2D eigenvalue weighted by Crippen LogP contribution is -2.59. The zero-order chi connectivity index (χ0) is 41.5. The lowest BCUT2D eigenvalue weighted by Gasteiger charge is -2.39. The third-order valence-corrected chi connectivity index (χ3v) is 11.4. The molecule has 0 unspecified atom stereocenters. The quantitative estimate of drug-likeness (QED) is 0.0665. The van der Waals surface area contributed by atoms with Crippen molar-refractivity contribution < 1.29 is 43.7 Å². The number of aliphatic carboxylic acids is 1. The maximum absolute atomic E-state index is 14.7. The maximum atomic E-state index is 14.7. The predicted molar refractivity (Wildman–Crippen MR) is 214 cm³/mol. The fourth-order valence-corrected chi connectivity index (χ4v) is 7.80. The SMILES string of the molecule is CCCOCN(C(=O)[C@@H](NC(=O)[C@H]1CCCCN1C)[C@@H](C)CC)[C@H](C[C@@H](OC(C)=O)c1nc(C(=O)N[C@@H](Cc2ccc(O)cc2)C[C@H](C)C(=O)O)cs1)C(C)C. The number of thiazole rings is 1. The smallest absolute Gasteiger partial charge is 0.306 e. The van der Waals surface area contributed by atoms with Gasteiger partial charge in [-0.25, -0.2) is 4.98 Å². The minimum atomic E-state index is -0.989. The van der Waals surface area contributed by atoms with Gasteiger partial charge in [-0.15, -0.1) is 11.3 Å². The van der Waals surface area contributed by atoms with Gasteiger partial charge in [0.05, 0.1) is 12.0 Å². The second kappa shape index (κ2) is 22.6. The number of carboxylic acid groups (broad SMARTS) is 1. The molecule has 7 atom stereocenters. The van der Waals surface area contributed by atoms with E-state index in [2.05, 4.69) is 15.6 Å². The van der Waals surface area contributed by atoms with Crippen molar-refractivity contribution in [3.05, 3.63) is 45.9 Å². The van der Waals surface area contributed by atoms with Crippen molar-refractivity contribution in [1.29, 1.82) is 0 Å². The average molecular weight is 802 g/mol. The van der Waals surface area contributed by atoms with Crippen molar-refractivity contribution in [1.82, 2.24) is 25.4 Å². The van der Waals surface area contributed by atoms with Gasteiger partial charge < -0.3 is 35.2 Å². The second-order valence-corrected chi connectivity index (χ2v) is 16.3. The molecule has 3 rings (SSSR count). The van der Waals surface area contributed by atoms with E-state index in [9.17, 15) is 34.2 Å². The number of carbonyl (C=O) groups is 5. The lowest BCUT2D eigenvalue weighted by atomic mass is 9.92. The van der Waals surface area contributed by atoms with E-state index in [0.29, 0.717) is 24.5 Å². The van der Waals surface area contributed by atoms with Crippen LogP contribution in [0.5, 0.6) is 5.75 Å². The summed E-state index contributed by atoms with van der Waals surface area (Å²) in [6.45, 7) is 13.9. The van der Waals surface area contributed by atoms with Crippen molar-refractivity contribution in [2.45, 2.75) is 130 Å². The summed E-state index contributed by atoms with van der Waals surface area (Å²) in [7, 11) is 1.93. The molecule has 1 aromatic carbocycles. The number of nitrogens with one attached hydrogen (secondary N) is 2. The number of hydrogen-bond acceptors (Lipinski definition) is 11. The van der Waals surface area contributed by atoms with Crippen molar-refractivity contribution in [2.24, 2.45) is 17.8 Å². The largest absolute Gasteiger partial charge is 0.508 e. The van der Waals surface area contributed by atoms with Gasteiger partial charge in [0.25, 0.3) is 5.91 Å². The van der Waals surface area contributed by atoms with E-state index in [1.54, 1.807) is 29.3 Å². The van der Waals surface area contributed by atoms with Crippen molar-refractivity contribution >= 4 is 41.0 Å². The predicted octanol–water partition coefficient (Wildman–Crippen LogP) is 5.55. The molecule has 1 aliphatic heterocycles. The van der Waals surface area contributed by atoms with Gasteiger partial charge in [0.15, 0.2) is 6.10 Å². The summed E-state index contributed by atoms with van der Waals surface area (Å²) in [6, 6.07) is 4.29. The molecule has 56 heavy (non-hydrogen) atoms. The number of likely N-dealkylation sites (tertiary alicyclic amines) is 1. The maximum Gasteiger partial charge on any atom is 0.306 e. The normalized spacial score (nSPS) is 17.9.